The number of aliphatic carboxylic acids is 2. The topological polar surface area (TPSA) is 270 Å². The molecule has 1 saturated heterocycles. The Labute approximate surface area is 377 Å². The van der Waals surface area contributed by atoms with Gasteiger partial charge in [0, 0.05) is 44.6 Å². The lowest BCUT2D eigenvalue weighted by Crippen LogP contribution is -2.60. The maximum absolute atomic E-state index is 14.7. The van der Waals surface area contributed by atoms with Gasteiger partial charge in [-0.2, -0.15) is 0 Å². The van der Waals surface area contributed by atoms with E-state index in [4.69, 9.17) is 9.47 Å². The summed E-state index contributed by atoms with van der Waals surface area (Å²) in [6.07, 6.45) is -2.69. The number of likely N-dealkylation sites (tertiary alicyclic amines) is 1. The first-order valence-corrected chi connectivity index (χ1v) is 21.8. The second-order valence-corrected chi connectivity index (χ2v) is 16.6. The first-order valence-electron chi connectivity index (χ1n) is 21.8. The number of carbonyl (C=O) groups excluding carboxylic acids is 7. The van der Waals surface area contributed by atoms with E-state index < -0.39 is 115 Å². The van der Waals surface area contributed by atoms with Gasteiger partial charge in [-0.15, -0.1) is 0 Å². The van der Waals surface area contributed by atoms with Gasteiger partial charge >= 0.3 is 23.9 Å². The van der Waals surface area contributed by atoms with Crippen LogP contribution in [-0.2, 0) is 60.9 Å². The van der Waals surface area contributed by atoms with Crippen LogP contribution in [0, 0.1) is 11.8 Å². The second kappa shape index (κ2) is 23.9. The fourth-order valence-electron chi connectivity index (χ4n) is 7.56. The van der Waals surface area contributed by atoms with Crippen molar-refractivity contribution in [3.05, 3.63) is 65.7 Å². The number of nitrogens with zero attached hydrogens (tertiary/aromatic N) is 3. The fraction of sp³-hybridized carbons (Fsp3) is 0.533. The monoisotopic (exact) mass is 907 g/mol. The molecule has 7 amide bonds. The van der Waals surface area contributed by atoms with Crippen LogP contribution in [0.2, 0.25) is 0 Å². The summed E-state index contributed by atoms with van der Waals surface area (Å²) < 4.78 is 11.8. The number of rotatable bonds is 21. The van der Waals surface area contributed by atoms with Crippen molar-refractivity contribution in [3.8, 4) is 0 Å². The van der Waals surface area contributed by atoms with E-state index in [1.807, 2.05) is 61.5 Å². The van der Waals surface area contributed by atoms with E-state index in [-0.39, 0.29) is 32.5 Å². The van der Waals surface area contributed by atoms with Crippen LogP contribution >= 0.6 is 0 Å². The predicted molar refractivity (Wildman–Crippen MR) is 233 cm³/mol. The molecule has 2 aromatic rings. The van der Waals surface area contributed by atoms with Crippen LogP contribution in [0.15, 0.2) is 54.6 Å². The molecular formula is C45H61N7O13. The van der Waals surface area contributed by atoms with E-state index in [9.17, 15) is 53.4 Å². The van der Waals surface area contributed by atoms with Gasteiger partial charge in [0.2, 0.25) is 17.7 Å². The molecule has 0 radical (unpaired) electrons. The first-order chi connectivity index (χ1) is 30.8. The Bertz CT molecular complexity index is 2030. The third-order valence-electron chi connectivity index (χ3n) is 11.2. The van der Waals surface area contributed by atoms with Crippen LogP contribution in [0.1, 0.15) is 84.8 Å². The summed E-state index contributed by atoms with van der Waals surface area (Å²) in [4.78, 5) is 121. The van der Waals surface area contributed by atoms with Crippen molar-refractivity contribution in [2.45, 2.75) is 123 Å². The number of hydrazine groups is 1. The average molecular weight is 908 g/mol. The van der Waals surface area contributed by atoms with Gasteiger partial charge in [0.25, 0.3) is 11.8 Å². The molecule has 0 unspecified atom stereocenters. The van der Waals surface area contributed by atoms with E-state index in [2.05, 4.69) is 21.4 Å². The Morgan fingerprint density at radius 1 is 0.831 bits per heavy atom. The lowest BCUT2D eigenvalue weighted by Gasteiger charge is -2.34. The van der Waals surface area contributed by atoms with E-state index in [0.717, 1.165) is 23.7 Å². The number of ether oxygens (including phenoxy) is 2. The minimum atomic E-state index is -1.91. The lowest BCUT2D eigenvalue weighted by molar-refractivity contribution is -0.164. The van der Waals surface area contributed by atoms with Crippen LogP contribution in [0.3, 0.4) is 0 Å². The average Bonchev–Trinajstić information content (AvgIpc) is 3.90. The molecule has 2 aliphatic rings. The number of anilines is 1. The van der Waals surface area contributed by atoms with Crippen LogP contribution in [-0.4, -0.2) is 130 Å². The number of nitrogens with one attached hydrogen (secondary N) is 4. The summed E-state index contributed by atoms with van der Waals surface area (Å²) in [6.45, 7) is 10.2. The van der Waals surface area contributed by atoms with Crippen molar-refractivity contribution in [2.75, 3.05) is 24.5 Å². The van der Waals surface area contributed by atoms with Gasteiger partial charge in [-0.25, -0.2) is 14.6 Å². The molecule has 0 spiro atoms. The van der Waals surface area contributed by atoms with Gasteiger partial charge in [0.05, 0.1) is 25.6 Å². The van der Waals surface area contributed by atoms with E-state index in [1.165, 1.54) is 9.91 Å². The third kappa shape index (κ3) is 14.2. The van der Waals surface area contributed by atoms with Gasteiger partial charge < -0.3 is 40.5 Å². The quantitative estimate of drug-likeness (QED) is 0.0776. The van der Waals surface area contributed by atoms with Gasteiger partial charge in [-0.05, 0) is 42.4 Å². The normalized spacial score (nSPS) is 17.7. The highest BCUT2D eigenvalue weighted by molar-refractivity contribution is 5.98. The molecule has 6 N–H and O–H groups in total. The number of carboxylic acids is 2. The van der Waals surface area contributed by atoms with Gasteiger partial charge in [-0.3, -0.25) is 43.9 Å². The molecule has 2 heterocycles. The van der Waals surface area contributed by atoms with Crippen molar-refractivity contribution >= 4 is 59.2 Å². The SMILES string of the molecule is CCCN(NC(=O)[C@H]1C[C@@H](OCc2ccccc2)CN1C(=O)[C@@H](NC(=O)[C@@H](OC(=O)[C@@H](CC(=O)O)NC(=O)[C@H](CC(=O)O)NC(C)=O)[C@H](C)CC)C(C)C)C(=O)N1CCc2ccccc21. The molecule has 20 heteroatoms. The molecule has 0 aliphatic carbocycles. The second-order valence-electron chi connectivity index (χ2n) is 16.6. The Morgan fingerprint density at radius 2 is 1.48 bits per heavy atom. The number of benzene rings is 2. The van der Waals surface area contributed by atoms with Crippen LogP contribution < -0.4 is 26.3 Å². The van der Waals surface area contributed by atoms with Gasteiger partial charge in [0.15, 0.2) is 6.10 Å². The molecule has 65 heavy (non-hydrogen) atoms. The zero-order valence-electron chi connectivity index (χ0n) is 37.6. The number of esters is 1. The number of carboxylic acid groups (broad SMARTS) is 2. The van der Waals surface area contributed by atoms with Crippen molar-refractivity contribution in [2.24, 2.45) is 11.8 Å². The van der Waals surface area contributed by atoms with Gasteiger partial charge in [-0.1, -0.05) is 83.1 Å². The Hall–Kier alpha value is -6.57. The molecule has 20 nitrogen and oxygen atoms in total. The van der Waals surface area contributed by atoms with Crippen LogP contribution in [0.5, 0.6) is 0 Å². The predicted octanol–water partition coefficient (Wildman–Crippen LogP) is 2.14. The molecule has 7 atom stereocenters. The Morgan fingerprint density at radius 3 is 2.09 bits per heavy atom. The summed E-state index contributed by atoms with van der Waals surface area (Å²) in [5.74, 6) is -9.84. The van der Waals surface area contributed by atoms with Crippen LogP contribution in [0.25, 0.3) is 0 Å². The number of amides is 7. The number of fused-ring (bicyclic) bond motifs is 1. The molecule has 0 saturated carbocycles. The molecular weight excluding hydrogens is 847 g/mol. The summed E-state index contributed by atoms with van der Waals surface area (Å²) in [6, 6.07) is 10.4. The maximum atomic E-state index is 14.7. The van der Waals surface area contributed by atoms with Crippen molar-refractivity contribution in [3.63, 3.8) is 0 Å². The summed E-state index contributed by atoms with van der Waals surface area (Å²) >= 11 is 0. The first kappa shape index (κ1) is 51.1. The Balaban J connectivity index is 1.58. The highest BCUT2D eigenvalue weighted by Gasteiger charge is 2.45. The zero-order chi connectivity index (χ0) is 48.0. The van der Waals surface area contributed by atoms with Crippen LogP contribution in [0.4, 0.5) is 10.5 Å². The van der Waals surface area contributed by atoms with E-state index in [0.29, 0.717) is 19.4 Å². The summed E-state index contributed by atoms with van der Waals surface area (Å²) in [5, 5.41) is 27.0. The molecule has 1 fully saturated rings. The zero-order valence-corrected chi connectivity index (χ0v) is 37.6. The van der Waals surface area contributed by atoms with Crippen molar-refractivity contribution in [1.29, 1.82) is 0 Å². The molecule has 0 bridgehead atoms. The number of urea groups is 1. The molecule has 4 rings (SSSR count). The Kier molecular flexibility index (Phi) is 18.8. The number of hydrogen-bond donors (Lipinski definition) is 6. The van der Waals surface area contributed by atoms with E-state index in [1.54, 1.807) is 32.6 Å². The van der Waals surface area contributed by atoms with Gasteiger partial charge in [0.1, 0.15) is 24.2 Å². The fourth-order valence-corrected chi connectivity index (χ4v) is 7.56. The summed E-state index contributed by atoms with van der Waals surface area (Å²) in [7, 11) is 0. The molecule has 354 valence electrons. The molecule has 2 aliphatic heterocycles. The van der Waals surface area contributed by atoms with E-state index >= 15 is 0 Å². The summed E-state index contributed by atoms with van der Waals surface area (Å²) in [5.41, 5.74) is 5.37. The number of hydrogen-bond acceptors (Lipinski definition) is 11. The third-order valence-corrected chi connectivity index (χ3v) is 11.2. The highest BCUT2D eigenvalue weighted by Crippen LogP contribution is 2.29. The van der Waals surface area contributed by atoms with Crippen molar-refractivity contribution in [1.82, 2.24) is 31.3 Å². The molecule has 2 aromatic carbocycles. The number of carbonyl (C=O) groups is 9. The minimum absolute atomic E-state index is 0.0498. The standard InChI is InChI=1S/C45H61N7O13/c1-7-19-52(45(63)50-20-18-30-16-12-13-17-34(30)50)49-41(59)35-21-31(64-25-29-14-10-9-11-15-29)24-51(35)43(61)38(26(3)4)48-42(60)39(27(5)8-2)65-44(62)33(23-37(56)57)47-40(58)32(22-36(54)55)46-28(6)53/h9-17,26-27,31-33,35,38-39H,7-8,18-25H2,1-6H3,(H,46,53)(H,47,58)(H,48,60)(H,49,59)(H,54,55)(H,56,57)/t27-,31-,32+,33-,35-,38+,39+/m1/s1. The molecule has 0 aromatic heterocycles. The maximum Gasteiger partial charge on any atom is 0.343 e. The smallest absolute Gasteiger partial charge is 0.343 e. The van der Waals surface area contributed by atoms with Crippen molar-refractivity contribution < 1.29 is 62.8 Å². The minimum Gasteiger partial charge on any atom is -0.481 e. The lowest BCUT2D eigenvalue weighted by atomic mass is 9.98. The number of para-hydroxylation sites is 1. The largest absolute Gasteiger partial charge is 0.481 e. The highest BCUT2D eigenvalue weighted by atomic mass is 16.6.